The number of nitrogens with zero attached hydrogens (tertiary/aromatic N) is 1. The molecule has 2 aliphatic rings. The molecule has 0 aliphatic carbocycles. The third kappa shape index (κ3) is 2.79. The van der Waals surface area contributed by atoms with Crippen molar-refractivity contribution in [3.8, 4) is 0 Å². The smallest absolute Gasteiger partial charge is 0.333 e. The van der Waals surface area contributed by atoms with Gasteiger partial charge in [0.1, 0.15) is 5.75 Å². The number of β-lactam (4-membered cyclic amide) rings is 1. The van der Waals surface area contributed by atoms with Crippen LogP contribution in [0.3, 0.4) is 0 Å². The molecule has 0 spiro atoms. The highest BCUT2D eigenvalue weighted by Crippen LogP contribution is 2.35. The lowest BCUT2D eigenvalue weighted by Gasteiger charge is -2.41. The van der Waals surface area contributed by atoms with E-state index < -0.39 is 40.5 Å². The Labute approximate surface area is 136 Å². The lowest BCUT2D eigenvalue weighted by atomic mass is 10.0. The van der Waals surface area contributed by atoms with Gasteiger partial charge >= 0.3 is 5.97 Å². The van der Waals surface area contributed by atoms with Crippen molar-refractivity contribution in [2.24, 2.45) is 0 Å². The van der Waals surface area contributed by atoms with Gasteiger partial charge in [-0.05, 0) is 16.7 Å². The molecule has 1 aromatic rings. The predicted molar refractivity (Wildman–Crippen MR) is 81.5 cm³/mol. The van der Waals surface area contributed by atoms with Crippen LogP contribution in [0.1, 0.15) is 5.56 Å². The van der Waals surface area contributed by atoms with Gasteiger partial charge in [-0.15, -0.1) is 0 Å². The fourth-order valence-electron chi connectivity index (χ4n) is 2.89. The highest BCUT2D eigenvalue weighted by atomic mass is 32.2. The third-order valence-electron chi connectivity index (χ3n) is 4.00. The summed E-state index contributed by atoms with van der Waals surface area (Å²) in [6, 6.07) is 7.48. The van der Waals surface area contributed by atoms with E-state index >= 15 is 0 Å². The molecule has 2 aliphatic heterocycles. The molecule has 2 amide bonds. The summed E-state index contributed by atoms with van der Waals surface area (Å²) < 4.78 is 16.7. The summed E-state index contributed by atoms with van der Waals surface area (Å²) in [5, 5.41) is 1.97. The second kappa shape index (κ2) is 6.21. The first kappa shape index (κ1) is 15.8. The third-order valence-corrected chi connectivity index (χ3v) is 5.69. The first-order valence-corrected chi connectivity index (χ1v) is 8.51. The van der Waals surface area contributed by atoms with E-state index in [-0.39, 0.29) is 18.1 Å². The van der Waals surface area contributed by atoms with E-state index in [0.717, 1.165) is 5.56 Å². The van der Waals surface area contributed by atoms with Gasteiger partial charge in [0.25, 0.3) is 5.91 Å². The van der Waals surface area contributed by atoms with Crippen LogP contribution in [0, 0.1) is 0 Å². The molecule has 3 unspecified atom stereocenters. The molecule has 122 valence electrons. The fourth-order valence-corrected chi connectivity index (χ4v) is 4.68. The Morgan fingerprint density at radius 1 is 1.39 bits per heavy atom. The van der Waals surface area contributed by atoms with Crippen molar-refractivity contribution in [2.75, 3.05) is 12.9 Å². The molecular formula is C15H16N2O5S. The van der Waals surface area contributed by atoms with Gasteiger partial charge in [0.2, 0.25) is 11.3 Å². The van der Waals surface area contributed by atoms with E-state index in [0.29, 0.717) is 0 Å². The van der Waals surface area contributed by atoms with Crippen LogP contribution >= 0.6 is 0 Å². The van der Waals surface area contributed by atoms with Gasteiger partial charge in [-0.3, -0.25) is 14.5 Å². The van der Waals surface area contributed by atoms with Crippen LogP contribution < -0.4 is 5.32 Å². The van der Waals surface area contributed by atoms with Crippen molar-refractivity contribution in [2.45, 2.75) is 23.9 Å². The quantitative estimate of drug-likeness (QED) is 0.440. The average Bonchev–Trinajstić information content (AvgIpc) is 2.86. The standard InChI is InChI=1S/C15H16N2O5S/c1-22-15(20)10-8-23(21)14-12(13(19)17(10)14)16-11(18)7-9-5-3-2-4-6-9/h2-6,10,12,14H,7-8H2,1H3,(H,16,18)/t10?,12?,14-,23?/m0/s1. The van der Waals surface area contributed by atoms with Crippen LogP contribution in [-0.4, -0.2) is 57.6 Å². The topological polar surface area (TPSA) is 98.8 Å². The highest BCUT2D eigenvalue weighted by molar-refractivity contribution is 7.92. The van der Waals surface area contributed by atoms with Crippen molar-refractivity contribution in [1.82, 2.24) is 10.2 Å². The molecule has 1 N–H and O–H groups in total. The van der Waals surface area contributed by atoms with Crippen molar-refractivity contribution < 1.29 is 23.7 Å². The first-order valence-electron chi connectivity index (χ1n) is 7.13. The summed E-state index contributed by atoms with van der Waals surface area (Å²) in [6.45, 7) is 0. The number of fused-ring (bicyclic) bond motifs is 1. The number of hydrogen-bond acceptors (Lipinski definition) is 5. The zero-order chi connectivity index (χ0) is 16.6. The number of hydrogen-bond donors (Lipinski definition) is 1. The van der Waals surface area contributed by atoms with Crippen LogP contribution in [0.2, 0.25) is 0 Å². The fraction of sp³-hybridized carbons (Fsp3) is 0.400. The van der Waals surface area contributed by atoms with Gasteiger partial charge in [-0.1, -0.05) is 30.3 Å². The number of nitrogens with one attached hydrogen (secondary N) is 1. The molecule has 7 nitrogen and oxygen atoms in total. The number of methoxy groups -OCH3 is 1. The highest BCUT2D eigenvalue weighted by Gasteiger charge is 2.65. The monoisotopic (exact) mass is 336 g/mol. The van der Waals surface area contributed by atoms with Gasteiger partial charge in [0.05, 0.1) is 13.5 Å². The Bertz CT molecular complexity index is 638. The first-order chi connectivity index (χ1) is 11.0. The number of ether oxygens (including phenoxy) is 1. The molecule has 0 radical (unpaired) electrons. The summed E-state index contributed by atoms with van der Waals surface area (Å²) in [5.41, 5.74) is 0.827. The second-order valence-corrected chi connectivity index (χ2v) is 7.01. The van der Waals surface area contributed by atoms with Crippen molar-refractivity contribution in [1.29, 1.82) is 0 Å². The normalized spacial score (nSPS) is 28.8. The Morgan fingerprint density at radius 2 is 2.09 bits per heavy atom. The maximum Gasteiger partial charge on any atom is 0.333 e. The summed E-state index contributed by atoms with van der Waals surface area (Å²) in [6.07, 6.45) is 0.143. The van der Waals surface area contributed by atoms with E-state index in [1.807, 2.05) is 30.3 Å². The van der Waals surface area contributed by atoms with Gasteiger partial charge in [0.15, 0.2) is 12.1 Å². The van der Waals surface area contributed by atoms with Crippen molar-refractivity contribution in [3.63, 3.8) is 0 Å². The molecule has 2 heterocycles. The number of amides is 2. The summed E-state index contributed by atoms with van der Waals surface area (Å²) in [7, 11) is 1.22. The molecule has 0 saturated carbocycles. The predicted octanol–water partition coefficient (Wildman–Crippen LogP) is -0.814. The minimum Gasteiger partial charge on any atom is -0.615 e. The Hall–Kier alpha value is -2.06. The van der Waals surface area contributed by atoms with Crippen LogP contribution in [0.4, 0.5) is 0 Å². The lowest BCUT2D eigenvalue weighted by Crippen LogP contribution is -2.72. The Kier molecular flexibility index (Phi) is 4.27. The van der Waals surface area contributed by atoms with Crippen molar-refractivity contribution >= 4 is 29.0 Å². The van der Waals surface area contributed by atoms with Gasteiger partial charge < -0.3 is 14.6 Å². The van der Waals surface area contributed by atoms with Crippen molar-refractivity contribution in [3.05, 3.63) is 35.9 Å². The number of carbonyl (C=O) groups is 3. The summed E-state index contributed by atoms with van der Waals surface area (Å²) in [4.78, 5) is 37.1. The average molecular weight is 336 g/mol. The van der Waals surface area contributed by atoms with Crippen LogP contribution in [0.5, 0.6) is 0 Å². The number of rotatable bonds is 4. The molecule has 4 atom stereocenters. The second-order valence-electron chi connectivity index (χ2n) is 5.43. The van der Waals surface area contributed by atoms with Crippen LogP contribution in [0.25, 0.3) is 0 Å². The maximum atomic E-state index is 12.2. The van der Waals surface area contributed by atoms with Crippen LogP contribution in [-0.2, 0) is 36.7 Å². The zero-order valence-electron chi connectivity index (χ0n) is 12.4. The molecule has 8 heteroatoms. The molecule has 2 fully saturated rings. The number of carbonyl (C=O) groups excluding carboxylic acids is 3. The molecule has 0 aromatic heterocycles. The van der Waals surface area contributed by atoms with Gasteiger partial charge in [0, 0.05) is 0 Å². The minimum absolute atomic E-state index is 0.0497. The zero-order valence-corrected chi connectivity index (χ0v) is 13.2. The molecule has 2 saturated heterocycles. The molecule has 0 bridgehead atoms. The number of esters is 1. The van der Waals surface area contributed by atoms with E-state index in [9.17, 15) is 18.9 Å². The maximum absolute atomic E-state index is 12.2. The Balaban J connectivity index is 1.63. The number of benzene rings is 1. The lowest BCUT2D eigenvalue weighted by molar-refractivity contribution is -0.160. The van der Waals surface area contributed by atoms with E-state index in [1.54, 1.807) is 0 Å². The largest absolute Gasteiger partial charge is 0.615 e. The Morgan fingerprint density at radius 3 is 2.74 bits per heavy atom. The van der Waals surface area contributed by atoms with E-state index in [4.69, 9.17) is 0 Å². The summed E-state index contributed by atoms with van der Waals surface area (Å²) >= 11 is -1.39. The van der Waals surface area contributed by atoms with Crippen LogP contribution in [0.15, 0.2) is 30.3 Å². The molecular weight excluding hydrogens is 320 g/mol. The van der Waals surface area contributed by atoms with E-state index in [2.05, 4.69) is 10.1 Å². The van der Waals surface area contributed by atoms with Gasteiger partial charge in [-0.2, -0.15) is 0 Å². The van der Waals surface area contributed by atoms with Gasteiger partial charge in [-0.25, -0.2) is 4.79 Å². The minimum atomic E-state index is -1.39. The SMILES string of the molecule is COC(=O)C1C[S+]([O-])[C@H]2C(NC(=O)Cc3ccccc3)C(=O)N12. The summed E-state index contributed by atoms with van der Waals surface area (Å²) in [5.74, 6) is -1.23. The van der Waals surface area contributed by atoms with E-state index in [1.165, 1.54) is 12.0 Å². The molecule has 1 aromatic carbocycles. The molecule has 3 rings (SSSR count). The molecule has 23 heavy (non-hydrogen) atoms.